The number of aromatic nitrogens is 3. The normalized spacial score (nSPS) is 20.4. The summed E-state index contributed by atoms with van der Waals surface area (Å²) < 4.78 is 2.20. The van der Waals surface area contributed by atoms with Gasteiger partial charge in [-0.1, -0.05) is 63.2 Å². The summed E-state index contributed by atoms with van der Waals surface area (Å²) in [7, 11) is 0. The highest BCUT2D eigenvalue weighted by Gasteiger charge is 2.32. The van der Waals surface area contributed by atoms with E-state index in [4.69, 9.17) is 9.97 Å². The van der Waals surface area contributed by atoms with Crippen LogP contribution in [0.1, 0.15) is 45.6 Å². The second-order valence-corrected chi connectivity index (χ2v) is 10.3. The van der Waals surface area contributed by atoms with Crippen molar-refractivity contribution in [2.24, 2.45) is 11.3 Å². The lowest BCUT2D eigenvalue weighted by atomic mass is 9.70. The number of fused-ring (bicyclic) bond motifs is 1. The molecule has 5 rings (SSSR count). The molecule has 4 nitrogen and oxygen atoms in total. The van der Waals surface area contributed by atoms with Crippen LogP contribution >= 0.6 is 0 Å². The van der Waals surface area contributed by atoms with Crippen LogP contribution in [-0.4, -0.2) is 20.6 Å². The van der Waals surface area contributed by atoms with Gasteiger partial charge in [-0.2, -0.15) is 0 Å². The van der Waals surface area contributed by atoms with Crippen molar-refractivity contribution in [2.75, 3.05) is 5.32 Å². The maximum atomic E-state index is 4.75. The summed E-state index contributed by atoms with van der Waals surface area (Å²) in [6, 6.07) is 19.6. The van der Waals surface area contributed by atoms with Crippen LogP contribution in [0.3, 0.4) is 0 Å². The molecule has 1 fully saturated rings. The van der Waals surface area contributed by atoms with Gasteiger partial charge in [0, 0.05) is 23.5 Å². The van der Waals surface area contributed by atoms with Gasteiger partial charge in [0.1, 0.15) is 12.1 Å². The van der Waals surface area contributed by atoms with E-state index in [-0.39, 0.29) is 0 Å². The molecule has 0 saturated heterocycles. The Morgan fingerprint density at radius 3 is 2.56 bits per heavy atom. The molecule has 164 valence electrons. The lowest BCUT2D eigenvalue weighted by Gasteiger charge is -2.39. The van der Waals surface area contributed by atoms with Crippen LogP contribution in [0.15, 0.2) is 67.1 Å². The van der Waals surface area contributed by atoms with Crippen molar-refractivity contribution in [3.8, 4) is 16.8 Å². The zero-order valence-corrected chi connectivity index (χ0v) is 19.5. The first-order chi connectivity index (χ1) is 15.4. The standard InChI is InChI=1S/C28H32N4/c1-19-9-8-12-23(14-19)32-17-24(21-10-6-5-7-11-21)25-26(29-18-30-27(25)32)31-22-13-20(2)15-28(3,4)16-22/h5-12,14,17-18,20,22H,13,15-16H2,1-4H3,(H,29,30,31)/t20-,22-/m0/s1. The number of nitrogens with one attached hydrogen (secondary N) is 1. The quantitative estimate of drug-likeness (QED) is 0.383. The van der Waals surface area contributed by atoms with E-state index in [1.165, 1.54) is 24.0 Å². The Hall–Kier alpha value is -3.14. The van der Waals surface area contributed by atoms with Crippen LogP contribution in [0.4, 0.5) is 5.82 Å². The third-order valence-electron chi connectivity index (χ3n) is 6.68. The maximum Gasteiger partial charge on any atom is 0.150 e. The number of hydrogen-bond donors (Lipinski definition) is 1. The van der Waals surface area contributed by atoms with E-state index < -0.39 is 0 Å². The molecular weight excluding hydrogens is 392 g/mol. The molecule has 0 unspecified atom stereocenters. The van der Waals surface area contributed by atoms with Gasteiger partial charge in [0.25, 0.3) is 0 Å². The Kier molecular flexibility index (Phi) is 5.24. The van der Waals surface area contributed by atoms with E-state index in [0.717, 1.165) is 34.5 Å². The Morgan fingerprint density at radius 1 is 1.00 bits per heavy atom. The van der Waals surface area contributed by atoms with Gasteiger partial charge in [0.05, 0.1) is 5.39 Å². The predicted molar refractivity (Wildman–Crippen MR) is 133 cm³/mol. The fourth-order valence-electron chi connectivity index (χ4n) is 5.63. The highest BCUT2D eigenvalue weighted by Crippen LogP contribution is 2.41. The Balaban J connectivity index is 1.66. The number of benzene rings is 2. The molecule has 1 saturated carbocycles. The Bertz CT molecular complexity index is 1240. The largest absolute Gasteiger partial charge is 0.367 e. The first kappa shape index (κ1) is 20.7. The second kappa shape index (κ2) is 8.09. The van der Waals surface area contributed by atoms with Crippen LogP contribution in [0.5, 0.6) is 0 Å². The van der Waals surface area contributed by atoms with E-state index in [9.17, 15) is 0 Å². The Morgan fingerprint density at radius 2 is 1.81 bits per heavy atom. The molecule has 0 radical (unpaired) electrons. The monoisotopic (exact) mass is 424 g/mol. The summed E-state index contributed by atoms with van der Waals surface area (Å²) in [6.45, 7) is 9.27. The molecule has 0 amide bonds. The molecule has 2 atom stereocenters. The van der Waals surface area contributed by atoms with Crippen molar-refractivity contribution in [3.63, 3.8) is 0 Å². The number of rotatable bonds is 4. The summed E-state index contributed by atoms with van der Waals surface area (Å²) in [4.78, 5) is 9.49. The average Bonchev–Trinajstić information content (AvgIpc) is 3.14. The van der Waals surface area contributed by atoms with Crippen molar-refractivity contribution in [1.82, 2.24) is 14.5 Å². The van der Waals surface area contributed by atoms with Gasteiger partial charge in [-0.3, -0.25) is 0 Å². The third-order valence-corrected chi connectivity index (χ3v) is 6.68. The van der Waals surface area contributed by atoms with E-state index >= 15 is 0 Å². The molecule has 4 heteroatoms. The topological polar surface area (TPSA) is 42.7 Å². The number of hydrogen-bond acceptors (Lipinski definition) is 3. The third kappa shape index (κ3) is 4.02. The van der Waals surface area contributed by atoms with Crippen molar-refractivity contribution in [2.45, 2.75) is 53.0 Å². The molecule has 0 spiro atoms. The highest BCUT2D eigenvalue weighted by molar-refractivity contribution is 6.02. The SMILES string of the molecule is Cc1cccc(-n2cc(-c3ccccc3)c3c(N[C@H]4C[C@H](C)CC(C)(C)C4)ncnc32)c1. The number of nitrogens with zero attached hydrogens (tertiary/aromatic N) is 3. The molecule has 1 aliphatic carbocycles. The zero-order chi connectivity index (χ0) is 22.3. The minimum absolute atomic E-state index is 0.344. The molecule has 2 aromatic carbocycles. The number of anilines is 1. The predicted octanol–water partition coefficient (Wildman–Crippen LogP) is 7.02. The van der Waals surface area contributed by atoms with Gasteiger partial charge in [0.15, 0.2) is 5.65 Å². The first-order valence-electron chi connectivity index (χ1n) is 11.6. The molecule has 1 aliphatic rings. The van der Waals surface area contributed by atoms with Crippen LogP contribution < -0.4 is 5.32 Å². The molecule has 2 heterocycles. The smallest absolute Gasteiger partial charge is 0.150 e. The van der Waals surface area contributed by atoms with Gasteiger partial charge in [-0.15, -0.1) is 0 Å². The lowest BCUT2D eigenvalue weighted by Crippen LogP contribution is -2.35. The molecule has 0 bridgehead atoms. The van der Waals surface area contributed by atoms with E-state index in [1.54, 1.807) is 6.33 Å². The van der Waals surface area contributed by atoms with Crippen molar-refractivity contribution < 1.29 is 0 Å². The van der Waals surface area contributed by atoms with Crippen molar-refractivity contribution >= 4 is 16.9 Å². The van der Waals surface area contributed by atoms with Gasteiger partial charge in [-0.05, 0) is 60.8 Å². The van der Waals surface area contributed by atoms with E-state index in [2.05, 4.69) is 98.4 Å². The van der Waals surface area contributed by atoms with Crippen LogP contribution in [0.2, 0.25) is 0 Å². The van der Waals surface area contributed by atoms with Gasteiger partial charge in [-0.25, -0.2) is 9.97 Å². The molecule has 4 aromatic rings. The van der Waals surface area contributed by atoms with Crippen molar-refractivity contribution in [1.29, 1.82) is 0 Å². The first-order valence-corrected chi connectivity index (χ1v) is 11.6. The van der Waals surface area contributed by atoms with Crippen LogP contribution in [0, 0.1) is 18.3 Å². The van der Waals surface area contributed by atoms with Gasteiger partial charge in [0.2, 0.25) is 0 Å². The molecule has 0 aliphatic heterocycles. The summed E-state index contributed by atoms with van der Waals surface area (Å²) in [5.41, 5.74) is 5.98. The maximum absolute atomic E-state index is 4.75. The molecule has 32 heavy (non-hydrogen) atoms. The fourth-order valence-corrected chi connectivity index (χ4v) is 5.63. The second-order valence-electron chi connectivity index (χ2n) is 10.3. The lowest BCUT2D eigenvalue weighted by molar-refractivity contribution is 0.178. The Labute approximate surface area is 190 Å². The summed E-state index contributed by atoms with van der Waals surface area (Å²) >= 11 is 0. The summed E-state index contributed by atoms with van der Waals surface area (Å²) in [5, 5.41) is 4.93. The highest BCUT2D eigenvalue weighted by atomic mass is 15.1. The average molecular weight is 425 g/mol. The summed E-state index contributed by atoms with van der Waals surface area (Å²) in [6.07, 6.45) is 7.52. The molecular formula is C28H32N4. The van der Waals surface area contributed by atoms with Crippen LogP contribution in [0.25, 0.3) is 27.8 Å². The van der Waals surface area contributed by atoms with Crippen LogP contribution in [-0.2, 0) is 0 Å². The minimum Gasteiger partial charge on any atom is -0.367 e. The van der Waals surface area contributed by atoms with E-state index in [0.29, 0.717) is 17.4 Å². The fraction of sp³-hybridized carbons (Fsp3) is 0.357. The molecule has 1 N–H and O–H groups in total. The number of aryl methyl sites for hydroxylation is 1. The molecule has 2 aromatic heterocycles. The minimum atomic E-state index is 0.344. The zero-order valence-electron chi connectivity index (χ0n) is 19.5. The van der Waals surface area contributed by atoms with Gasteiger partial charge >= 0.3 is 0 Å². The summed E-state index contributed by atoms with van der Waals surface area (Å²) in [5.74, 6) is 1.65. The van der Waals surface area contributed by atoms with Crippen molar-refractivity contribution in [3.05, 3.63) is 72.7 Å². The van der Waals surface area contributed by atoms with Gasteiger partial charge < -0.3 is 9.88 Å². The van der Waals surface area contributed by atoms with E-state index in [1.807, 2.05) is 0 Å².